The summed E-state index contributed by atoms with van der Waals surface area (Å²) in [6.07, 6.45) is 0.997. The summed E-state index contributed by atoms with van der Waals surface area (Å²) in [5.41, 5.74) is 0.421. The Bertz CT molecular complexity index is 1050. The van der Waals surface area contributed by atoms with E-state index in [9.17, 15) is 26.8 Å². The quantitative estimate of drug-likeness (QED) is 0.814. The van der Waals surface area contributed by atoms with Crippen molar-refractivity contribution in [2.45, 2.75) is 0 Å². The largest absolute Gasteiger partial charge is 0.335 e. The SMILES string of the molecule is CS(=O)(=O)Nc1ccccc1C(=O)N1CCN(C(=O)c2ccc(F)c(F)c2)CC1. The Hall–Kier alpha value is -3.01. The van der Waals surface area contributed by atoms with Crippen molar-refractivity contribution in [3.63, 3.8) is 0 Å². The summed E-state index contributed by atoms with van der Waals surface area (Å²) in [5.74, 6) is -2.94. The highest BCUT2D eigenvalue weighted by atomic mass is 32.2. The number of nitrogens with zero attached hydrogens (tertiary/aromatic N) is 2. The monoisotopic (exact) mass is 423 g/mol. The molecule has 0 spiro atoms. The number of halogens is 2. The summed E-state index contributed by atoms with van der Waals surface area (Å²) in [6, 6.07) is 9.22. The van der Waals surface area contributed by atoms with E-state index in [0.29, 0.717) is 0 Å². The number of carbonyl (C=O) groups is 2. The summed E-state index contributed by atoms with van der Waals surface area (Å²) in [4.78, 5) is 28.3. The van der Waals surface area contributed by atoms with E-state index < -0.39 is 27.6 Å². The fourth-order valence-corrected chi connectivity index (χ4v) is 3.63. The van der Waals surface area contributed by atoms with E-state index in [4.69, 9.17) is 0 Å². The maximum absolute atomic E-state index is 13.4. The van der Waals surface area contributed by atoms with Gasteiger partial charge in [0, 0.05) is 31.7 Å². The van der Waals surface area contributed by atoms with Crippen LogP contribution in [0, 0.1) is 11.6 Å². The molecule has 0 atom stereocenters. The van der Waals surface area contributed by atoms with Crippen LogP contribution in [0.15, 0.2) is 42.5 Å². The molecular formula is C19H19F2N3O4S. The maximum atomic E-state index is 13.4. The Labute approximate surface area is 167 Å². The van der Waals surface area contributed by atoms with Crippen molar-refractivity contribution in [3.8, 4) is 0 Å². The molecule has 1 saturated heterocycles. The van der Waals surface area contributed by atoms with Gasteiger partial charge in [-0.3, -0.25) is 14.3 Å². The Balaban J connectivity index is 1.69. The zero-order valence-corrected chi connectivity index (χ0v) is 16.4. The summed E-state index contributed by atoms with van der Waals surface area (Å²) in [5, 5.41) is 0. The molecule has 1 fully saturated rings. The molecule has 10 heteroatoms. The molecule has 29 heavy (non-hydrogen) atoms. The van der Waals surface area contributed by atoms with Gasteiger partial charge in [0.1, 0.15) is 0 Å². The van der Waals surface area contributed by atoms with E-state index in [-0.39, 0.29) is 48.9 Å². The van der Waals surface area contributed by atoms with Crippen LogP contribution >= 0.6 is 0 Å². The molecular weight excluding hydrogens is 404 g/mol. The van der Waals surface area contributed by atoms with Crippen molar-refractivity contribution in [2.24, 2.45) is 0 Å². The fraction of sp³-hybridized carbons (Fsp3) is 0.263. The molecule has 1 heterocycles. The molecule has 0 saturated carbocycles. The predicted octanol–water partition coefficient (Wildman–Crippen LogP) is 1.93. The van der Waals surface area contributed by atoms with Gasteiger partial charge in [-0.2, -0.15) is 0 Å². The number of sulfonamides is 1. The standard InChI is InChI=1S/C19H19F2N3O4S/c1-29(27,28)22-17-5-3-2-4-14(17)19(26)24-10-8-23(9-11-24)18(25)13-6-7-15(20)16(21)12-13/h2-7,12,22H,8-11H2,1H3. The Kier molecular flexibility index (Phi) is 5.83. The van der Waals surface area contributed by atoms with Gasteiger partial charge in [-0.25, -0.2) is 17.2 Å². The third-order valence-corrected chi connectivity index (χ3v) is 5.06. The second kappa shape index (κ2) is 8.16. The number of rotatable bonds is 4. The van der Waals surface area contributed by atoms with E-state index in [0.717, 1.165) is 18.4 Å². The molecule has 1 N–H and O–H groups in total. The van der Waals surface area contributed by atoms with Gasteiger partial charge < -0.3 is 9.80 Å². The zero-order chi connectivity index (χ0) is 21.2. The van der Waals surface area contributed by atoms with Crippen LogP contribution in [0.3, 0.4) is 0 Å². The van der Waals surface area contributed by atoms with Gasteiger partial charge in [-0.05, 0) is 30.3 Å². The fourth-order valence-electron chi connectivity index (χ4n) is 3.05. The third-order valence-electron chi connectivity index (χ3n) is 4.47. The minimum Gasteiger partial charge on any atom is -0.335 e. The van der Waals surface area contributed by atoms with Crippen molar-refractivity contribution in [1.82, 2.24) is 9.80 Å². The van der Waals surface area contributed by atoms with Gasteiger partial charge in [0.2, 0.25) is 10.0 Å². The highest BCUT2D eigenvalue weighted by Crippen LogP contribution is 2.20. The van der Waals surface area contributed by atoms with Gasteiger partial charge in [-0.1, -0.05) is 12.1 Å². The van der Waals surface area contributed by atoms with E-state index in [2.05, 4.69) is 4.72 Å². The second-order valence-electron chi connectivity index (χ2n) is 6.63. The second-order valence-corrected chi connectivity index (χ2v) is 8.38. The third kappa shape index (κ3) is 4.89. The lowest BCUT2D eigenvalue weighted by molar-refractivity contribution is 0.0535. The first-order valence-electron chi connectivity index (χ1n) is 8.76. The van der Waals surface area contributed by atoms with Crippen LogP contribution in [0.25, 0.3) is 0 Å². The van der Waals surface area contributed by atoms with Gasteiger partial charge >= 0.3 is 0 Å². The smallest absolute Gasteiger partial charge is 0.256 e. The molecule has 0 aliphatic carbocycles. The lowest BCUT2D eigenvalue weighted by Crippen LogP contribution is -2.50. The summed E-state index contributed by atoms with van der Waals surface area (Å²) in [7, 11) is -3.55. The Morgan fingerprint density at radius 3 is 2.07 bits per heavy atom. The molecule has 2 aromatic rings. The van der Waals surface area contributed by atoms with Crippen LogP contribution in [-0.4, -0.2) is 62.5 Å². The molecule has 1 aliphatic heterocycles. The van der Waals surface area contributed by atoms with Crippen LogP contribution in [0.5, 0.6) is 0 Å². The van der Waals surface area contributed by atoms with Crippen molar-refractivity contribution < 1.29 is 26.8 Å². The molecule has 0 radical (unpaired) electrons. The van der Waals surface area contributed by atoms with E-state index >= 15 is 0 Å². The first-order valence-corrected chi connectivity index (χ1v) is 10.7. The number of para-hydroxylation sites is 1. The Morgan fingerprint density at radius 2 is 1.48 bits per heavy atom. The molecule has 0 unspecified atom stereocenters. The molecule has 0 bridgehead atoms. The molecule has 2 aromatic carbocycles. The summed E-state index contributed by atoms with van der Waals surface area (Å²) < 4.78 is 51.8. The lowest BCUT2D eigenvalue weighted by Gasteiger charge is -2.35. The van der Waals surface area contributed by atoms with E-state index in [1.807, 2.05) is 0 Å². The van der Waals surface area contributed by atoms with Crippen molar-refractivity contribution in [2.75, 3.05) is 37.2 Å². The van der Waals surface area contributed by atoms with Crippen LogP contribution < -0.4 is 4.72 Å². The molecule has 2 amide bonds. The van der Waals surface area contributed by atoms with Crippen LogP contribution in [-0.2, 0) is 10.0 Å². The lowest BCUT2D eigenvalue weighted by atomic mass is 10.1. The first-order chi connectivity index (χ1) is 13.7. The molecule has 0 aromatic heterocycles. The van der Waals surface area contributed by atoms with Crippen LogP contribution in [0.1, 0.15) is 20.7 Å². The number of amides is 2. The average Bonchev–Trinajstić information content (AvgIpc) is 2.68. The predicted molar refractivity (Wildman–Crippen MR) is 103 cm³/mol. The summed E-state index contributed by atoms with van der Waals surface area (Å²) >= 11 is 0. The highest BCUT2D eigenvalue weighted by Gasteiger charge is 2.27. The molecule has 3 rings (SSSR count). The number of hydrogen-bond acceptors (Lipinski definition) is 4. The van der Waals surface area contributed by atoms with Crippen LogP contribution in [0.4, 0.5) is 14.5 Å². The van der Waals surface area contributed by atoms with Gasteiger partial charge in [-0.15, -0.1) is 0 Å². The average molecular weight is 423 g/mol. The van der Waals surface area contributed by atoms with Gasteiger partial charge in [0.15, 0.2) is 11.6 Å². The van der Waals surface area contributed by atoms with E-state index in [1.165, 1.54) is 28.0 Å². The normalized spacial score (nSPS) is 14.6. The number of piperazine rings is 1. The number of benzene rings is 2. The highest BCUT2D eigenvalue weighted by molar-refractivity contribution is 7.92. The van der Waals surface area contributed by atoms with Crippen molar-refractivity contribution >= 4 is 27.5 Å². The topological polar surface area (TPSA) is 86.8 Å². The number of carbonyl (C=O) groups excluding carboxylic acids is 2. The summed E-state index contributed by atoms with van der Waals surface area (Å²) in [6.45, 7) is 0.874. The molecule has 7 nitrogen and oxygen atoms in total. The number of hydrogen-bond donors (Lipinski definition) is 1. The minimum atomic E-state index is -3.55. The van der Waals surface area contributed by atoms with Crippen molar-refractivity contribution in [3.05, 3.63) is 65.2 Å². The number of anilines is 1. The molecule has 154 valence electrons. The van der Waals surface area contributed by atoms with Crippen LogP contribution in [0.2, 0.25) is 0 Å². The maximum Gasteiger partial charge on any atom is 0.256 e. The number of nitrogens with one attached hydrogen (secondary N) is 1. The first kappa shape index (κ1) is 20.7. The van der Waals surface area contributed by atoms with Gasteiger partial charge in [0.25, 0.3) is 11.8 Å². The van der Waals surface area contributed by atoms with Crippen molar-refractivity contribution in [1.29, 1.82) is 0 Å². The van der Waals surface area contributed by atoms with E-state index in [1.54, 1.807) is 12.1 Å². The minimum absolute atomic E-state index is 0.0337. The van der Waals surface area contributed by atoms with Gasteiger partial charge in [0.05, 0.1) is 17.5 Å². The Morgan fingerprint density at radius 1 is 0.897 bits per heavy atom. The molecule has 1 aliphatic rings. The zero-order valence-electron chi connectivity index (χ0n) is 15.6.